The number of carbonyl (C=O) groups excluding carboxylic acids is 2. The van der Waals surface area contributed by atoms with E-state index in [4.69, 9.17) is 4.74 Å². The summed E-state index contributed by atoms with van der Waals surface area (Å²) in [6, 6.07) is 15.5. The molecule has 0 aromatic heterocycles. The van der Waals surface area contributed by atoms with Crippen molar-refractivity contribution in [3.8, 4) is 5.75 Å². The van der Waals surface area contributed by atoms with Crippen LogP contribution in [0.1, 0.15) is 17.5 Å². The molecule has 1 aliphatic rings. The van der Waals surface area contributed by atoms with E-state index in [1.807, 2.05) is 12.1 Å². The Morgan fingerprint density at radius 3 is 2.32 bits per heavy atom. The number of fused-ring (bicyclic) bond motifs is 1. The number of hydrogen-bond donors (Lipinski definition) is 0. The van der Waals surface area contributed by atoms with Gasteiger partial charge in [0, 0.05) is 0 Å². The maximum absolute atomic E-state index is 12.5. The molecule has 0 radical (unpaired) electrons. The molecule has 0 saturated heterocycles. The van der Waals surface area contributed by atoms with Gasteiger partial charge in [0.05, 0.1) is 5.97 Å². The maximum atomic E-state index is 12.5. The number of esters is 1. The number of aryl methyl sites for hydroxylation is 1. The normalized spacial score (nSPS) is 18.9. The van der Waals surface area contributed by atoms with Crippen molar-refractivity contribution in [3.63, 3.8) is 0 Å². The minimum atomic E-state index is -1.72. The van der Waals surface area contributed by atoms with Gasteiger partial charge in [-0.25, -0.2) is 0 Å². The number of carboxylic acid groups (broad SMARTS) is 1. The fraction of sp³-hybridized carbons (Fsp3) is 0.176. The van der Waals surface area contributed by atoms with Gasteiger partial charge in [-0.1, -0.05) is 42.5 Å². The van der Waals surface area contributed by atoms with E-state index < -0.39 is 17.4 Å². The van der Waals surface area contributed by atoms with Crippen LogP contribution in [-0.2, 0) is 21.4 Å². The molecule has 0 heterocycles. The molecule has 0 amide bonds. The number of benzene rings is 2. The molecule has 1 aliphatic carbocycles. The summed E-state index contributed by atoms with van der Waals surface area (Å²) in [4.78, 5) is 24.2. The van der Waals surface area contributed by atoms with Crippen LogP contribution in [-0.4, -0.2) is 11.9 Å². The summed E-state index contributed by atoms with van der Waals surface area (Å²) >= 11 is 0. The molecule has 2 aromatic rings. The fourth-order valence-corrected chi connectivity index (χ4v) is 2.80. The molecular weight excluding hydrogens is 307 g/mol. The zero-order chi connectivity index (χ0) is 14.9. The molecule has 0 bridgehead atoms. The minimum Gasteiger partial charge on any atom is -0.549 e. The van der Waals surface area contributed by atoms with Crippen LogP contribution in [0.5, 0.6) is 5.75 Å². The molecule has 0 aliphatic heterocycles. The molecule has 22 heavy (non-hydrogen) atoms. The quantitative estimate of drug-likeness (QED) is 0.291. The molecule has 3 rings (SSSR count). The summed E-state index contributed by atoms with van der Waals surface area (Å²) in [5, 5.41) is 11.7. The van der Waals surface area contributed by atoms with E-state index in [1.165, 1.54) is 0 Å². The van der Waals surface area contributed by atoms with Gasteiger partial charge in [-0.2, -0.15) is 0 Å². The summed E-state index contributed by atoms with van der Waals surface area (Å²) in [7, 11) is 0. The molecule has 5 heteroatoms. The Morgan fingerprint density at radius 1 is 1.00 bits per heavy atom. The second-order valence-electron chi connectivity index (χ2n) is 5.05. The van der Waals surface area contributed by atoms with Crippen molar-refractivity contribution in [2.75, 3.05) is 0 Å². The SMILES string of the molecule is O=C([O-])C1(C(=O)Oc2ccccc2)CCc2ccccc21.[K+]. The van der Waals surface area contributed by atoms with Crippen molar-refractivity contribution in [3.05, 3.63) is 65.7 Å². The Balaban J connectivity index is 0.00000176. The largest absolute Gasteiger partial charge is 1.00 e. The molecule has 0 fully saturated rings. The van der Waals surface area contributed by atoms with E-state index >= 15 is 0 Å². The number of carboxylic acids is 1. The van der Waals surface area contributed by atoms with Crippen molar-refractivity contribution < 1.29 is 70.8 Å². The molecule has 106 valence electrons. The van der Waals surface area contributed by atoms with Crippen molar-refractivity contribution in [1.29, 1.82) is 0 Å². The molecule has 0 spiro atoms. The average Bonchev–Trinajstić information content (AvgIpc) is 2.89. The van der Waals surface area contributed by atoms with Crippen molar-refractivity contribution in [2.45, 2.75) is 18.3 Å². The standard InChI is InChI=1S/C17H14O4.K/c18-15(19)17(11-10-12-6-4-5-9-14(12)17)16(20)21-13-7-2-1-3-8-13;/h1-9H,10-11H2,(H,18,19);/q;+1/p-1. The van der Waals surface area contributed by atoms with E-state index in [0.717, 1.165) is 5.56 Å². The monoisotopic (exact) mass is 320 g/mol. The maximum Gasteiger partial charge on any atom is 1.00 e. The molecular formula is C17H13KO4. The summed E-state index contributed by atoms with van der Waals surface area (Å²) < 4.78 is 5.26. The van der Waals surface area contributed by atoms with Gasteiger partial charge in [-0.05, 0) is 36.1 Å². The number of ether oxygens (including phenoxy) is 1. The first kappa shape index (κ1) is 17.4. The molecule has 1 unspecified atom stereocenters. The van der Waals surface area contributed by atoms with Gasteiger partial charge in [0.1, 0.15) is 11.2 Å². The van der Waals surface area contributed by atoms with Gasteiger partial charge in [-0.15, -0.1) is 0 Å². The zero-order valence-corrected chi connectivity index (χ0v) is 15.4. The predicted molar refractivity (Wildman–Crippen MR) is 73.5 cm³/mol. The smallest absolute Gasteiger partial charge is 0.549 e. The van der Waals surface area contributed by atoms with Crippen LogP contribution in [0, 0.1) is 0 Å². The van der Waals surface area contributed by atoms with E-state index in [9.17, 15) is 14.7 Å². The summed E-state index contributed by atoms with van der Waals surface area (Å²) in [6.45, 7) is 0. The minimum absolute atomic E-state index is 0. The first-order valence-corrected chi connectivity index (χ1v) is 6.72. The molecule has 0 saturated carbocycles. The Labute approximate surface area is 170 Å². The van der Waals surface area contributed by atoms with E-state index in [0.29, 0.717) is 17.7 Å². The Hall–Kier alpha value is -0.984. The topological polar surface area (TPSA) is 66.4 Å². The van der Waals surface area contributed by atoms with Crippen molar-refractivity contribution in [1.82, 2.24) is 0 Å². The Morgan fingerprint density at radius 2 is 1.64 bits per heavy atom. The van der Waals surface area contributed by atoms with Gasteiger partial charge in [0.2, 0.25) is 0 Å². The third-order valence-electron chi connectivity index (χ3n) is 3.90. The molecule has 1 atom stereocenters. The van der Waals surface area contributed by atoms with Crippen LogP contribution in [0.3, 0.4) is 0 Å². The molecule has 2 aromatic carbocycles. The Kier molecular flexibility index (Phi) is 5.58. The third kappa shape index (κ3) is 2.91. The first-order valence-electron chi connectivity index (χ1n) is 6.72. The number of hydrogen-bond acceptors (Lipinski definition) is 4. The van der Waals surface area contributed by atoms with Gasteiger partial charge >= 0.3 is 57.4 Å². The average molecular weight is 320 g/mol. The third-order valence-corrected chi connectivity index (χ3v) is 3.90. The zero-order valence-electron chi connectivity index (χ0n) is 12.2. The predicted octanol–water partition coefficient (Wildman–Crippen LogP) is -1.77. The summed E-state index contributed by atoms with van der Waals surface area (Å²) in [5.41, 5.74) is -0.385. The molecule has 0 N–H and O–H groups in total. The van der Waals surface area contributed by atoms with Gasteiger partial charge in [0.25, 0.3) is 0 Å². The molecule has 4 nitrogen and oxygen atoms in total. The number of rotatable bonds is 3. The number of aliphatic carboxylic acids is 1. The van der Waals surface area contributed by atoms with Crippen LogP contribution in [0.4, 0.5) is 0 Å². The van der Waals surface area contributed by atoms with Crippen molar-refractivity contribution >= 4 is 11.9 Å². The van der Waals surface area contributed by atoms with E-state index in [2.05, 4.69) is 0 Å². The van der Waals surface area contributed by atoms with Gasteiger partial charge in [-0.3, -0.25) is 4.79 Å². The summed E-state index contributed by atoms with van der Waals surface area (Å²) in [6.07, 6.45) is 0.689. The van der Waals surface area contributed by atoms with Crippen LogP contribution >= 0.6 is 0 Å². The fourth-order valence-electron chi connectivity index (χ4n) is 2.80. The van der Waals surface area contributed by atoms with Crippen LogP contribution in [0.25, 0.3) is 0 Å². The number of carbonyl (C=O) groups is 2. The second kappa shape index (κ2) is 7.06. The van der Waals surface area contributed by atoms with Crippen LogP contribution in [0.2, 0.25) is 0 Å². The first-order chi connectivity index (χ1) is 10.1. The van der Waals surface area contributed by atoms with Crippen LogP contribution < -0.4 is 61.2 Å². The second-order valence-corrected chi connectivity index (χ2v) is 5.05. The number of para-hydroxylation sites is 1. The van der Waals surface area contributed by atoms with Gasteiger partial charge in [0.15, 0.2) is 0 Å². The van der Waals surface area contributed by atoms with E-state index in [1.54, 1.807) is 42.5 Å². The van der Waals surface area contributed by atoms with Gasteiger partial charge < -0.3 is 14.6 Å². The Bertz CT molecular complexity index is 699. The van der Waals surface area contributed by atoms with Crippen LogP contribution in [0.15, 0.2) is 54.6 Å². The van der Waals surface area contributed by atoms with Crippen molar-refractivity contribution in [2.24, 2.45) is 0 Å². The summed E-state index contributed by atoms with van der Waals surface area (Å²) in [5.74, 6) is -1.88. The van der Waals surface area contributed by atoms with E-state index in [-0.39, 0.29) is 57.8 Å².